The Hall–Kier alpha value is 0.400. The summed E-state index contributed by atoms with van der Waals surface area (Å²) >= 11 is 4.45. The minimum Gasteiger partial charge on any atom is -0.507 e. The van der Waals surface area contributed by atoms with Crippen molar-refractivity contribution in [1.29, 1.82) is 0 Å². The zero-order valence-corrected chi connectivity index (χ0v) is 14.4. The van der Waals surface area contributed by atoms with E-state index in [4.69, 9.17) is 0 Å². The number of halogens is 2. The van der Waals surface area contributed by atoms with Gasteiger partial charge in [0.05, 0.1) is 3.57 Å². The maximum absolute atomic E-state index is 10.1. The first-order chi connectivity index (χ1) is 8.60. The zero-order valence-electron chi connectivity index (χ0n) is 10.1. The molecule has 1 aromatic rings. The molecule has 100 valence electrons. The van der Waals surface area contributed by atoms with Gasteiger partial charge in [-0.1, -0.05) is 0 Å². The third-order valence-corrected chi connectivity index (χ3v) is 4.81. The number of likely N-dealkylation sites (tertiary alicyclic amines) is 1. The van der Waals surface area contributed by atoms with Gasteiger partial charge in [-0.3, -0.25) is 4.90 Å². The van der Waals surface area contributed by atoms with Crippen molar-refractivity contribution >= 4 is 45.2 Å². The Morgan fingerprint density at radius 3 is 2.83 bits per heavy atom. The van der Waals surface area contributed by atoms with E-state index in [2.05, 4.69) is 50.1 Å². The summed E-state index contributed by atoms with van der Waals surface area (Å²) in [4.78, 5) is 2.32. The van der Waals surface area contributed by atoms with Gasteiger partial charge in [-0.05, 0) is 82.6 Å². The standard InChI is InChI=1S/C13H17I2NO2/c14-11-4-10(13(18)12(15)5-11)7-16-3-1-2-9(6-16)8-17/h4-5,9,17-18H,1-3,6-8H2. The summed E-state index contributed by atoms with van der Waals surface area (Å²) in [6.45, 7) is 3.03. The molecule has 1 heterocycles. The van der Waals surface area contributed by atoms with Crippen LogP contribution in [-0.2, 0) is 6.54 Å². The fourth-order valence-corrected chi connectivity index (χ4v) is 4.39. The van der Waals surface area contributed by atoms with Gasteiger partial charge in [0.2, 0.25) is 0 Å². The summed E-state index contributed by atoms with van der Waals surface area (Å²) in [5.74, 6) is 0.796. The van der Waals surface area contributed by atoms with E-state index >= 15 is 0 Å². The normalized spacial score (nSPS) is 21.2. The Morgan fingerprint density at radius 2 is 2.11 bits per heavy atom. The van der Waals surface area contributed by atoms with Crippen molar-refractivity contribution in [2.45, 2.75) is 19.4 Å². The number of rotatable bonds is 3. The predicted molar refractivity (Wildman–Crippen MR) is 88.6 cm³/mol. The molecule has 0 saturated carbocycles. The Labute approximate surface area is 135 Å². The molecule has 0 amide bonds. The minimum absolute atomic E-state index is 0.270. The van der Waals surface area contributed by atoms with Crippen LogP contribution in [0.4, 0.5) is 0 Å². The van der Waals surface area contributed by atoms with Gasteiger partial charge in [-0.15, -0.1) is 0 Å². The monoisotopic (exact) mass is 473 g/mol. The van der Waals surface area contributed by atoms with Crippen LogP contribution in [0.1, 0.15) is 18.4 Å². The fraction of sp³-hybridized carbons (Fsp3) is 0.538. The molecular formula is C13H17I2NO2. The van der Waals surface area contributed by atoms with E-state index in [-0.39, 0.29) is 6.61 Å². The van der Waals surface area contributed by atoms with Crippen molar-refractivity contribution < 1.29 is 10.2 Å². The van der Waals surface area contributed by atoms with Gasteiger partial charge in [0, 0.05) is 28.8 Å². The third-order valence-electron chi connectivity index (χ3n) is 3.36. The summed E-state index contributed by atoms with van der Waals surface area (Å²) in [5, 5.41) is 19.3. The number of hydrogen-bond donors (Lipinski definition) is 2. The number of benzene rings is 1. The number of phenolic OH excluding ortho intramolecular Hbond substituents is 1. The van der Waals surface area contributed by atoms with Gasteiger partial charge in [0.15, 0.2) is 0 Å². The van der Waals surface area contributed by atoms with Crippen molar-refractivity contribution in [3.8, 4) is 5.75 Å². The van der Waals surface area contributed by atoms with Crippen LogP contribution in [-0.4, -0.2) is 34.8 Å². The Morgan fingerprint density at radius 1 is 1.33 bits per heavy atom. The highest BCUT2D eigenvalue weighted by Crippen LogP contribution is 2.29. The van der Waals surface area contributed by atoms with Crippen molar-refractivity contribution in [2.75, 3.05) is 19.7 Å². The topological polar surface area (TPSA) is 43.7 Å². The smallest absolute Gasteiger partial charge is 0.133 e. The van der Waals surface area contributed by atoms with Crippen LogP contribution in [0.5, 0.6) is 5.75 Å². The maximum Gasteiger partial charge on any atom is 0.133 e. The molecule has 1 aromatic carbocycles. The molecule has 0 aromatic heterocycles. The second-order valence-electron chi connectivity index (χ2n) is 4.82. The first kappa shape index (κ1) is 14.8. The highest BCUT2D eigenvalue weighted by atomic mass is 127. The second-order valence-corrected chi connectivity index (χ2v) is 7.23. The van der Waals surface area contributed by atoms with Crippen molar-refractivity contribution in [2.24, 2.45) is 5.92 Å². The molecule has 3 nitrogen and oxygen atoms in total. The summed E-state index contributed by atoms with van der Waals surface area (Å²) in [5.41, 5.74) is 0.991. The van der Waals surface area contributed by atoms with Crippen molar-refractivity contribution in [3.63, 3.8) is 0 Å². The lowest BCUT2D eigenvalue weighted by Crippen LogP contribution is -2.36. The van der Waals surface area contributed by atoms with E-state index in [0.29, 0.717) is 11.7 Å². The molecular weight excluding hydrogens is 456 g/mol. The Bertz CT molecular complexity index is 426. The number of aliphatic hydroxyl groups excluding tert-OH is 1. The highest BCUT2D eigenvalue weighted by molar-refractivity contribution is 14.1. The molecule has 1 aliphatic heterocycles. The van der Waals surface area contributed by atoms with Crippen LogP contribution in [0.2, 0.25) is 0 Å². The van der Waals surface area contributed by atoms with Crippen LogP contribution in [0.3, 0.4) is 0 Å². The lowest BCUT2D eigenvalue weighted by Gasteiger charge is -2.32. The molecule has 1 fully saturated rings. The molecule has 0 spiro atoms. The average molecular weight is 473 g/mol. The number of aromatic hydroxyl groups is 1. The fourth-order valence-electron chi connectivity index (χ4n) is 2.42. The molecule has 1 aliphatic rings. The number of phenols is 1. The molecule has 5 heteroatoms. The van der Waals surface area contributed by atoms with Gasteiger partial charge >= 0.3 is 0 Å². The molecule has 2 N–H and O–H groups in total. The summed E-state index contributed by atoms with van der Waals surface area (Å²) in [6, 6.07) is 4.02. The summed E-state index contributed by atoms with van der Waals surface area (Å²) in [6.07, 6.45) is 2.25. The van der Waals surface area contributed by atoms with Gasteiger partial charge in [-0.25, -0.2) is 0 Å². The molecule has 2 rings (SSSR count). The predicted octanol–water partition coefficient (Wildman–Crippen LogP) is 2.81. The molecule has 0 aliphatic carbocycles. The molecule has 1 atom stereocenters. The van der Waals surface area contributed by atoms with E-state index in [0.717, 1.165) is 45.2 Å². The quantitative estimate of drug-likeness (QED) is 0.665. The number of nitrogens with zero attached hydrogens (tertiary/aromatic N) is 1. The summed E-state index contributed by atoms with van der Waals surface area (Å²) in [7, 11) is 0. The van der Waals surface area contributed by atoms with Gasteiger partial charge in [0.1, 0.15) is 5.75 Å². The number of piperidine rings is 1. The lowest BCUT2D eigenvalue weighted by molar-refractivity contribution is 0.115. The van der Waals surface area contributed by atoms with Crippen LogP contribution >= 0.6 is 45.2 Å². The third kappa shape index (κ3) is 3.71. The molecule has 0 bridgehead atoms. The molecule has 1 unspecified atom stereocenters. The summed E-state index contributed by atoms with van der Waals surface area (Å²) < 4.78 is 2.06. The van der Waals surface area contributed by atoms with Crippen LogP contribution in [0, 0.1) is 13.1 Å². The molecule has 1 saturated heterocycles. The SMILES string of the molecule is OCC1CCCN(Cc2cc(I)cc(I)c2O)C1. The first-order valence-electron chi connectivity index (χ1n) is 6.10. The van der Waals surface area contributed by atoms with E-state index in [9.17, 15) is 10.2 Å². The van der Waals surface area contributed by atoms with Crippen LogP contribution in [0.15, 0.2) is 12.1 Å². The van der Waals surface area contributed by atoms with Crippen molar-refractivity contribution in [3.05, 3.63) is 24.8 Å². The number of aliphatic hydroxyl groups is 1. The lowest BCUT2D eigenvalue weighted by atomic mass is 9.98. The number of hydrogen-bond acceptors (Lipinski definition) is 3. The molecule has 18 heavy (non-hydrogen) atoms. The molecule has 0 radical (unpaired) electrons. The van der Waals surface area contributed by atoms with Crippen LogP contribution < -0.4 is 0 Å². The Kier molecular flexibility index (Phi) is 5.52. The first-order valence-corrected chi connectivity index (χ1v) is 8.26. The Balaban J connectivity index is 2.09. The van der Waals surface area contributed by atoms with Gasteiger partial charge < -0.3 is 10.2 Å². The van der Waals surface area contributed by atoms with Gasteiger partial charge in [0.25, 0.3) is 0 Å². The van der Waals surface area contributed by atoms with Crippen LogP contribution in [0.25, 0.3) is 0 Å². The minimum atomic E-state index is 0.270. The van der Waals surface area contributed by atoms with Gasteiger partial charge in [-0.2, -0.15) is 0 Å². The largest absolute Gasteiger partial charge is 0.507 e. The maximum atomic E-state index is 10.1. The van der Waals surface area contributed by atoms with Crippen molar-refractivity contribution in [1.82, 2.24) is 4.90 Å². The van der Waals surface area contributed by atoms with E-state index in [1.807, 2.05) is 12.1 Å². The van der Waals surface area contributed by atoms with E-state index in [1.54, 1.807) is 0 Å². The second kappa shape index (κ2) is 6.71. The van der Waals surface area contributed by atoms with E-state index < -0.39 is 0 Å². The highest BCUT2D eigenvalue weighted by Gasteiger charge is 2.20. The van der Waals surface area contributed by atoms with E-state index in [1.165, 1.54) is 0 Å². The zero-order chi connectivity index (χ0) is 13.1. The average Bonchev–Trinajstić information content (AvgIpc) is 2.35.